The summed E-state index contributed by atoms with van der Waals surface area (Å²) in [7, 11) is -4.59. The summed E-state index contributed by atoms with van der Waals surface area (Å²) in [5.41, 5.74) is 5.44. The van der Waals surface area contributed by atoms with Gasteiger partial charge in [0, 0.05) is 0 Å². The Balaban J connectivity index is 0.00000169. The van der Waals surface area contributed by atoms with Crippen LogP contribution in [0, 0.1) is 0 Å². The summed E-state index contributed by atoms with van der Waals surface area (Å²) < 4.78 is 31.7. The molecule has 0 spiro atoms. The van der Waals surface area contributed by atoms with Crippen molar-refractivity contribution in [1.82, 2.24) is 0 Å². The van der Waals surface area contributed by atoms with Crippen molar-refractivity contribution < 1.29 is 42.5 Å². The Labute approximate surface area is 113 Å². The molecule has 1 aromatic carbocycles. The predicted molar refractivity (Wildman–Crippen MR) is 48.8 cm³/mol. The van der Waals surface area contributed by atoms with Crippen LogP contribution >= 0.6 is 23.2 Å². The average Bonchev–Trinajstić information content (AvgIpc) is 1.94. The van der Waals surface area contributed by atoms with Crippen molar-refractivity contribution in [2.45, 2.75) is 4.90 Å². The fourth-order valence-electron chi connectivity index (χ4n) is 0.736. The molecule has 0 fully saturated rings. The first-order chi connectivity index (χ1) is 5.82. The summed E-state index contributed by atoms with van der Waals surface area (Å²) >= 11 is 11.0. The van der Waals surface area contributed by atoms with E-state index in [1.54, 1.807) is 0 Å². The van der Waals surface area contributed by atoms with Gasteiger partial charge in [-0.05, 0) is 12.1 Å². The van der Waals surface area contributed by atoms with Gasteiger partial charge in [0.2, 0.25) is 0 Å². The monoisotopic (exact) mass is 263 g/mol. The Morgan fingerprint density at radius 3 is 2.14 bits per heavy atom. The van der Waals surface area contributed by atoms with Gasteiger partial charge in [-0.2, -0.15) is 0 Å². The van der Waals surface area contributed by atoms with Crippen molar-refractivity contribution >= 4 is 39.0 Å². The molecule has 8 heteroatoms. The molecule has 2 N–H and O–H groups in total. The van der Waals surface area contributed by atoms with Crippen LogP contribution in [0.2, 0.25) is 10.0 Å². The first kappa shape index (κ1) is 14.5. The van der Waals surface area contributed by atoms with Gasteiger partial charge >= 0.3 is 29.6 Å². The second kappa shape index (κ2) is 5.03. The molecule has 1 rings (SSSR count). The fraction of sp³-hybridized carbons (Fsp3) is 0. The molecule has 0 amide bonds. The molecule has 0 radical (unpaired) electrons. The van der Waals surface area contributed by atoms with E-state index in [-0.39, 0.29) is 45.3 Å². The Hall–Kier alpha value is 0.510. The predicted octanol–water partition coefficient (Wildman–Crippen LogP) is -1.52. The van der Waals surface area contributed by atoms with Gasteiger partial charge in [0.05, 0.1) is 20.6 Å². The van der Waals surface area contributed by atoms with Crippen molar-refractivity contribution in [3.8, 4) is 0 Å². The standard InChI is InChI=1S/C6H5Cl2NO3S.Na/c7-3-2-6(13(10,11)12)4(8)1-5(3)9;/h1-2H,9H2,(H,10,11,12);/q;+1/p-1. The van der Waals surface area contributed by atoms with Crippen molar-refractivity contribution in [2.24, 2.45) is 0 Å². The van der Waals surface area contributed by atoms with Gasteiger partial charge in [0.25, 0.3) is 0 Å². The normalized spacial score (nSPS) is 10.8. The van der Waals surface area contributed by atoms with Crippen LogP contribution in [-0.2, 0) is 10.1 Å². The van der Waals surface area contributed by atoms with Crippen molar-refractivity contribution in [3.63, 3.8) is 0 Å². The van der Waals surface area contributed by atoms with Gasteiger partial charge in [-0.15, -0.1) is 0 Å². The van der Waals surface area contributed by atoms with Crippen molar-refractivity contribution in [3.05, 3.63) is 22.2 Å². The summed E-state index contributed by atoms with van der Waals surface area (Å²) in [5.74, 6) is 0. The number of anilines is 1. The molecule has 0 aliphatic heterocycles. The minimum Gasteiger partial charge on any atom is -0.744 e. The molecule has 0 aliphatic rings. The number of benzene rings is 1. The molecule has 0 heterocycles. The third-order valence-electron chi connectivity index (χ3n) is 1.32. The summed E-state index contributed by atoms with van der Waals surface area (Å²) in [6.07, 6.45) is 0. The molecule has 0 aliphatic carbocycles. The number of nitrogen functional groups attached to an aromatic ring is 1. The molecule has 4 nitrogen and oxygen atoms in total. The van der Waals surface area contributed by atoms with Crippen LogP contribution in [0.15, 0.2) is 17.0 Å². The van der Waals surface area contributed by atoms with Crippen LogP contribution < -0.4 is 35.3 Å². The zero-order valence-corrected chi connectivity index (χ0v) is 11.4. The Morgan fingerprint density at radius 1 is 1.21 bits per heavy atom. The maximum Gasteiger partial charge on any atom is 1.00 e. The van der Waals surface area contributed by atoms with Crippen LogP contribution in [0.5, 0.6) is 0 Å². The zero-order valence-electron chi connectivity index (χ0n) is 7.12. The first-order valence-electron chi connectivity index (χ1n) is 3.03. The zero-order chi connectivity index (χ0) is 10.2. The molecular weight excluding hydrogens is 260 g/mol. The molecule has 0 aromatic heterocycles. The van der Waals surface area contributed by atoms with E-state index >= 15 is 0 Å². The van der Waals surface area contributed by atoms with Crippen LogP contribution in [0.4, 0.5) is 5.69 Å². The minimum atomic E-state index is -4.59. The Kier molecular flexibility index (Phi) is 5.21. The Morgan fingerprint density at radius 2 is 1.71 bits per heavy atom. The van der Waals surface area contributed by atoms with Gasteiger partial charge in [-0.3, -0.25) is 0 Å². The molecule has 0 unspecified atom stereocenters. The van der Waals surface area contributed by atoms with Gasteiger partial charge < -0.3 is 10.3 Å². The van der Waals surface area contributed by atoms with Crippen LogP contribution in [0.1, 0.15) is 0 Å². The number of halogens is 2. The van der Waals surface area contributed by atoms with E-state index in [1.165, 1.54) is 0 Å². The average molecular weight is 264 g/mol. The quantitative estimate of drug-likeness (QED) is 0.379. The van der Waals surface area contributed by atoms with E-state index in [4.69, 9.17) is 28.9 Å². The molecule has 0 bridgehead atoms. The number of hydrogen-bond acceptors (Lipinski definition) is 4. The molecular formula is C6H4Cl2NNaO3S. The van der Waals surface area contributed by atoms with E-state index < -0.39 is 15.0 Å². The van der Waals surface area contributed by atoms with Crippen LogP contribution in [0.3, 0.4) is 0 Å². The van der Waals surface area contributed by atoms with Crippen molar-refractivity contribution in [2.75, 3.05) is 5.73 Å². The summed E-state index contributed by atoms with van der Waals surface area (Å²) in [6.45, 7) is 0. The van der Waals surface area contributed by atoms with Crippen LogP contribution in [-0.4, -0.2) is 13.0 Å². The van der Waals surface area contributed by atoms with Gasteiger partial charge in [-0.1, -0.05) is 23.2 Å². The largest absolute Gasteiger partial charge is 1.00 e. The smallest absolute Gasteiger partial charge is 0.744 e. The number of hydrogen-bond donors (Lipinski definition) is 1. The molecule has 0 saturated carbocycles. The summed E-state index contributed by atoms with van der Waals surface area (Å²) in [6, 6.07) is 2.05. The van der Waals surface area contributed by atoms with E-state index in [1.807, 2.05) is 0 Å². The van der Waals surface area contributed by atoms with E-state index in [0.717, 1.165) is 12.1 Å². The molecule has 1 aromatic rings. The maximum atomic E-state index is 10.6. The number of nitrogens with two attached hydrogens (primary N) is 1. The molecule has 0 atom stereocenters. The molecule has 72 valence electrons. The van der Waals surface area contributed by atoms with Gasteiger partial charge in [0.1, 0.15) is 10.1 Å². The van der Waals surface area contributed by atoms with Crippen molar-refractivity contribution in [1.29, 1.82) is 0 Å². The van der Waals surface area contributed by atoms with Crippen LogP contribution in [0.25, 0.3) is 0 Å². The third kappa shape index (κ3) is 3.27. The van der Waals surface area contributed by atoms with E-state index in [9.17, 15) is 13.0 Å². The molecule has 14 heavy (non-hydrogen) atoms. The van der Waals surface area contributed by atoms with Gasteiger partial charge in [0.15, 0.2) is 0 Å². The third-order valence-corrected chi connectivity index (χ3v) is 2.95. The first-order valence-corrected chi connectivity index (χ1v) is 5.19. The second-order valence-corrected chi connectivity index (χ2v) is 4.42. The maximum absolute atomic E-state index is 10.6. The Bertz CT molecular complexity index is 449. The van der Waals surface area contributed by atoms with E-state index in [2.05, 4.69) is 0 Å². The minimum absolute atomic E-state index is 0. The topological polar surface area (TPSA) is 83.2 Å². The molecule has 0 saturated heterocycles. The SMILES string of the molecule is Nc1cc(Cl)c(S(=O)(=O)[O-])cc1Cl.[Na+]. The van der Waals surface area contributed by atoms with Gasteiger partial charge in [-0.25, -0.2) is 8.42 Å². The fourth-order valence-corrected chi connectivity index (χ4v) is 1.98. The number of rotatable bonds is 1. The summed E-state index contributed by atoms with van der Waals surface area (Å²) in [4.78, 5) is -0.562. The summed E-state index contributed by atoms with van der Waals surface area (Å²) in [5, 5.41) is -0.240. The van der Waals surface area contributed by atoms with E-state index in [0.29, 0.717) is 0 Å². The second-order valence-electron chi connectivity index (χ2n) is 2.26.